The summed E-state index contributed by atoms with van der Waals surface area (Å²) in [5.74, 6) is 0. The average Bonchev–Trinajstić information content (AvgIpc) is 2.65. The lowest BCUT2D eigenvalue weighted by Crippen LogP contribution is -2.60. The molecule has 1 saturated carbocycles. The van der Waals surface area contributed by atoms with E-state index in [1.165, 1.54) is 5.69 Å². The molecule has 2 rings (SSSR count). The van der Waals surface area contributed by atoms with Crippen molar-refractivity contribution in [3.63, 3.8) is 0 Å². The van der Waals surface area contributed by atoms with Crippen LogP contribution in [0, 0.1) is 12.3 Å². The zero-order valence-corrected chi connectivity index (χ0v) is 14.0. The monoisotopic (exact) mass is 329 g/mol. The Morgan fingerprint density at radius 3 is 2.74 bits per heavy atom. The summed E-state index contributed by atoms with van der Waals surface area (Å²) in [6, 6.07) is 0.505. The fourth-order valence-electron chi connectivity index (χ4n) is 2.89. The third-order valence-corrected chi connectivity index (χ3v) is 5.46. The van der Waals surface area contributed by atoms with Gasteiger partial charge in [0.05, 0.1) is 22.0 Å². The van der Waals surface area contributed by atoms with E-state index in [2.05, 4.69) is 51.8 Å². The van der Waals surface area contributed by atoms with E-state index in [0.29, 0.717) is 12.1 Å². The van der Waals surface area contributed by atoms with Gasteiger partial charge in [0.25, 0.3) is 0 Å². The van der Waals surface area contributed by atoms with Gasteiger partial charge in [0.2, 0.25) is 0 Å². The molecule has 2 unspecified atom stereocenters. The van der Waals surface area contributed by atoms with Crippen molar-refractivity contribution in [3.05, 3.63) is 15.9 Å². The molecule has 1 N–H and O–H groups in total. The summed E-state index contributed by atoms with van der Waals surface area (Å²) < 4.78 is 8.68. The molecule has 1 fully saturated rings. The topological polar surface area (TPSA) is 39.1 Å². The minimum absolute atomic E-state index is 0.202. The van der Waals surface area contributed by atoms with Gasteiger partial charge in [-0.05, 0) is 36.2 Å². The van der Waals surface area contributed by atoms with Crippen LogP contribution in [0.25, 0.3) is 0 Å². The van der Waals surface area contributed by atoms with Crippen molar-refractivity contribution >= 4 is 15.9 Å². The van der Waals surface area contributed by atoms with Crippen LogP contribution in [0.2, 0.25) is 0 Å². The molecule has 1 heterocycles. The number of nitrogens with one attached hydrogen (secondary N) is 1. The molecule has 108 valence electrons. The third kappa shape index (κ3) is 2.60. The van der Waals surface area contributed by atoms with Gasteiger partial charge in [-0.25, -0.2) is 0 Å². The van der Waals surface area contributed by atoms with E-state index < -0.39 is 0 Å². The zero-order valence-electron chi connectivity index (χ0n) is 12.5. The lowest BCUT2D eigenvalue weighted by Gasteiger charge is -2.51. The van der Waals surface area contributed by atoms with Crippen LogP contribution >= 0.6 is 15.9 Å². The molecule has 0 spiro atoms. The molecule has 0 bridgehead atoms. The largest absolute Gasteiger partial charge is 0.381 e. The van der Waals surface area contributed by atoms with Crippen molar-refractivity contribution < 1.29 is 4.74 Å². The molecule has 1 aliphatic rings. The van der Waals surface area contributed by atoms with Crippen molar-refractivity contribution in [1.29, 1.82) is 0 Å². The number of rotatable bonds is 5. The van der Waals surface area contributed by atoms with E-state index in [1.807, 2.05) is 6.92 Å². The van der Waals surface area contributed by atoms with Crippen LogP contribution in [0.1, 0.15) is 38.6 Å². The fraction of sp³-hybridized carbons (Fsp3) is 0.786. The summed E-state index contributed by atoms with van der Waals surface area (Å²) in [4.78, 5) is 0. The Hall–Kier alpha value is -0.390. The third-order valence-electron chi connectivity index (χ3n) is 4.43. The molecule has 0 aliphatic heterocycles. The Kier molecular flexibility index (Phi) is 4.38. The van der Waals surface area contributed by atoms with Gasteiger partial charge < -0.3 is 10.1 Å². The summed E-state index contributed by atoms with van der Waals surface area (Å²) in [7, 11) is 1.80. The fourth-order valence-corrected chi connectivity index (χ4v) is 3.31. The first-order chi connectivity index (χ1) is 8.91. The minimum atomic E-state index is 0.202. The van der Waals surface area contributed by atoms with Gasteiger partial charge in [0, 0.05) is 31.7 Å². The van der Waals surface area contributed by atoms with Gasteiger partial charge in [-0.3, -0.25) is 4.68 Å². The highest BCUT2D eigenvalue weighted by molar-refractivity contribution is 9.10. The second kappa shape index (κ2) is 5.54. The standard InChI is InChI=1S/C14H24BrN3O/c1-6-18-10(13(15)9(2)17-18)8-16-11-7-12(19-5)14(11,3)4/h11-12,16H,6-8H2,1-5H3. The number of ether oxygens (including phenoxy) is 1. The summed E-state index contributed by atoms with van der Waals surface area (Å²) >= 11 is 3.64. The SMILES string of the molecule is CCn1nc(C)c(Br)c1CNC1CC(OC)C1(C)C. The lowest BCUT2D eigenvalue weighted by atomic mass is 9.64. The van der Waals surface area contributed by atoms with E-state index in [9.17, 15) is 0 Å². The molecule has 4 nitrogen and oxygen atoms in total. The maximum absolute atomic E-state index is 5.49. The van der Waals surface area contributed by atoms with E-state index in [0.717, 1.165) is 29.7 Å². The highest BCUT2D eigenvalue weighted by Gasteiger charge is 2.48. The van der Waals surface area contributed by atoms with Crippen LogP contribution < -0.4 is 5.32 Å². The number of halogens is 1. The van der Waals surface area contributed by atoms with E-state index in [4.69, 9.17) is 4.74 Å². The summed E-state index contributed by atoms with van der Waals surface area (Å²) in [5.41, 5.74) is 2.49. The van der Waals surface area contributed by atoms with Crippen molar-refractivity contribution in [2.24, 2.45) is 5.41 Å². The van der Waals surface area contributed by atoms with E-state index in [1.54, 1.807) is 7.11 Å². The van der Waals surface area contributed by atoms with E-state index in [-0.39, 0.29) is 5.41 Å². The molecule has 19 heavy (non-hydrogen) atoms. The van der Waals surface area contributed by atoms with Crippen LogP contribution in [0.3, 0.4) is 0 Å². The maximum atomic E-state index is 5.49. The normalized spacial score (nSPS) is 25.4. The van der Waals surface area contributed by atoms with Gasteiger partial charge in [-0.15, -0.1) is 0 Å². The molecule has 0 saturated heterocycles. The minimum Gasteiger partial charge on any atom is -0.381 e. The van der Waals surface area contributed by atoms with Gasteiger partial charge >= 0.3 is 0 Å². The molecular weight excluding hydrogens is 306 g/mol. The molecule has 5 heteroatoms. The maximum Gasteiger partial charge on any atom is 0.0739 e. The quantitative estimate of drug-likeness (QED) is 0.902. The molecule has 0 amide bonds. The number of hydrogen-bond donors (Lipinski definition) is 1. The van der Waals surface area contributed by atoms with Gasteiger partial charge in [-0.1, -0.05) is 13.8 Å². The van der Waals surface area contributed by atoms with Crippen LogP contribution in [0.4, 0.5) is 0 Å². The smallest absolute Gasteiger partial charge is 0.0739 e. The van der Waals surface area contributed by atoms with Crippen molar-refractivity contribution in [2.45, 2.75) is 59.4 Å². The molecule has 1 aromatic heterocycles. The summed E-state index contributed by atoms with van der Waals surface area (Å²) in [6.07, 6.45) is 1.45. The van der Waals surface area contributed by atoms with Crippen LogP contribution in [-0.2, 0) is 17.8 Å². The Labute approximate surface area is 124 Å². The first-order valence-electron chi connectivity index (χ1n) is 6.89. The Balaban J connectivity index is 2.01. The zero-order chi connectivity index (χ0) is 14.2. The van der Waals surface area contributed by atoms with Gasteiger partial charge in [0.1, 0.15) is 0 Å². The number of methoxy groups -OCH3 is 1. The molecule has 1 aliphatic carbocycles. The Morgan fingerprint density at radius 2 is 2.21 bits per heavy atom. The number of aromatic nitrogens is 2. The first-order valence-corrected chi connectivity index (χ1v) is 7.69. The number of nitrogens with zero attached hydrogens (tertiary/aromatic N) is 2. The Bertz CT molecular complexity index is 456. The molecule has 0 radical (unpaired) electrons. The Morgan fingerprint density at radius 1 is 1.53 bits per heavy atom. The van der Waals surface area contributed by atoms with Crippen LogP contribution in [0.5, 0.6) is 0 Å². The second-order valence-corrected chi connectivity index (χ2v) is 6.67. The van der Waals surface area contributed by atoms with Crippen LogP contribution in [-0.4, -0.2) is 29.0 Å². The van der Waals surface area contributed by atoms with Crippen molar-refractivity contribution in [2.75, 3.05) is 7.11 Å². The van der Waals surface area contributed by atoms with Crippen molar-refractivity contribution in [1.82, 2.24) is 15.1 Å². The molecule has 0 aromatic carbocycles. The predicted octanol–water partition coefficient (Wildman–Crippen LogP) is 2.88. The second-order valence-electron chi connectivity index (χ2n) is 5.88. The number of hydrogen-bond acceptors (Lipinski definition) is 3. The van der Waals surface area contributed by atoms with Crippen molar-refractivity contribution in [3.8, 4) is 0 Å². The summed E-state index contributed by atoms with van der Waals surface area (Å²) in [6.45, 7) is 10.4. The molecular formula is C14H24BrN3O. The molecule has 2 atom stereocenters. The predicted molar refractivity (Wildman–Crippen MR) is 80.2 cm³/mol. The number of aryl methyl sites for hydroxylation is 2. The highest BCUT2D eigenvalue weighted by Crippen LogP contribution is 2.42. The summed E-state index contributed by atoms with van der Waals surface area (Å²) in [5, 5.41) is 8.17. The van der Waals surface area contributed by atoms with Crippen LogP contribution in [0.15, 0.2) is 4.47 Å². The van der Waals surface area contributed by atoms with Gasteiger partial charge in [0.15, 0.2) is 0 Å². The molecule has 1 aromatic rings. The lowest BCUT2D eigenvalue weighted by molar-refractivity contribution is -0.0980. The first kappa shape index (κ1) is 15.0. The average molecular weight is 330 g/mol. The van der Waals surface area contributed by atoms with E-state index >= 15 is 0 Å². The highest BCUT2D eigenvalue weighted by atomic mass is 79.9. The van der Waals surface area contributed by atoms with Gasteiger partial charge in [-0.2, -0.15) is 5.10 Å².